The highest BCUT2D eigenvalue weighted by molar-refractivity contribution is 6.99. The van der Waals surface area contributed by atoms with Gasteiger partial charge in [0.25, 0.3) is 8.32 Å². The van der Waals surface area contributed by atoms with E-state index in [1.165, 1.54) is 10.4 Å². The van der Waals surface area contributed by atoms with Crippen molar-refractivity contribution >= 4 is 25.0 Å². The van der Waals surface area contributed by atoms with Gasteiger partial charge in [-0.1, -0.05) is 88.4 Å². The molecule has 0 spiro atoms. The van der Waals surface area contributed by atoms with E-state index in [9.17, 15) is 9.90 Å². The van der Waals surface area contributed by atoms with Crippen LogP contribution in [0.25, 0.3) is 0 Å². The Morgan fingerprint density at radius 3 is 1.80 bits per heavy atom. The normalized spacial score (nSPS) is 14.8. The summed E-state index contributed by atoms with van der Waals surface area (Å²) in [7, 11) is -2.65. The van der Waals surface area contributed by atoms with Crippen molar-refractivity contribution in [1.29, 1.82) is 0 Å². The lowest BCUT2D eigenvalue weighted by atomic mass is 10.1. The first-order chi connectivity index (χ1) is 11.8. The summed E-state index contributed by atoms with van der Waals surface area (Å²) in [6, 6.07) is 20.6. The Bertz CT molecular complexity index is 625. The van der Waals surface area contributed by atoms with Crippen LogP contribution in [0.1, 0.15) is 27.7 Å². The quantitative estimate of drug-likeness (QED) is 0.613. The molecule has 0 aliphatic rings. The van der Waals surface area contributed by atoms with Gasteiger partial charge in [-0.2, -0.15) is 0 Å². The van der Waals surface area contributed by atoms with E-state index in [1.54, 1.807) is 6.92 Å². The molecule has 4 heteroatoms. The number of aldehydes is 1. The molecule has 2 aromatic carbocycles. The Morgan fingerprint density at radius 2 is 1.44 bits per heavy atom. The highest BCUT2D eigenvalue weighted by atomic mass is 28.4. The van der Waals surface area contributed by atoms with Gasteiger partial charge in [0, 0.05) is 5.92 Å². The van der Waals surface area contributed by atoms with Gasteiger partial charge in [-0.05, 0) is 15.4 Å². The predicted molar refractivity (Wildman–Crippen MR) is 105 cm³/mol. The maximum absolute atomic E-state index is 11.0. The molecule has 0 bridgehead atoms. The van der Waals surface area contributed by atoms with Crippen molar-refractivity contribution in [3.63, 3.8) is 0 Å². The van der Waals surface area contributed by atoms with E-state index >= 15 is 0 Å². The van der Waals surface area contributed by atoms with Crippen molar-refractivity contribution in [2.24, 2.45) is 5.92 Å². The zero-order valence-corrected chi connectivity index (χ0v) is 16.5. The number of benzene rings is 2. The SMILES string of the molecule is C[C@H](C=O)[C@@H](O)CO[Si](c1ccccc1)(c1ccccc1)C(C)(C)C. The van der Waals surface area contributed by atoms with Gasteiger partial charge in [0.15, 0.2) is 0 Å². The average Bonchev–Trinajstić information content (AvgIpc) is 2.62. The smallest absolute Gasteiger partial charge is 0.261 e. The second-order valence-corrected chi connectivity index (χ2v) is 11.8. The first-order valence-corrected chi connectivity index (χ1v) is 10.6. The molecule has 2 atom stereocenters. The second kappa shape index (κ2) is 8.08. The fraction of sp³-hybridized carbons (Fsp3) is 0.381. The number of hydrogen-bond donors (Lipinski definition) is 1. The number of carbonyl (C=O) groups is 1. The van der Waals surface area contributed by atoms with E-state index in [1.807, 2.05) is 36.4 Å². The van der Waals surface area contributed by atoms with E-state index in [0.29, 0.717) is 0 Å². The molecule has 134 valence electrons. The molecule has 3 nitrogen and oxygen atoms in total. The number of hydrogen-bond acceptors (Lipinski definition) is 3. The Balaban J connectivity index is 2.55. The zero-order valence-electron chi connectivity index (χ0n) is 15.5. The van der Waals surface area contributed by atoms with Crippen molar-refractivity contribution in [1.82, 2.24) is 0 Å². The molecule has 0 heterocycles. The van der Waals surface area contributed by atoms with Gasteiger partial charge in [0.05, 0.1) is 12.7 Å². The monoisotopic (exact) mass is 356 g/mol. The van der Waals surface area contributed by atoms with E-state index < -0.39 is 20.3 Å². The molecule has 2 aromatic rings. The first-order valence-electron chi connectivity index (χ1n) is 8.71. The molecule has 0 aliphatic heterocycles. The van der Waals surface area contributed by atoms with Crippen molar-refractivity contribution < 1.29 is 14.3 Å². The second-order valence-electron chi connectivity index (χ2n) is 7.54. The van der Waals surface area contributed by atoms with E-state index in [4.69, 9.17) is 4.43 Å². The summed E-state index contributed by atoms with van der Waals surface area (Å²) in [5, 5.41) is 12.5. The molecule has 0 amide bonds. The van der Waals surface area contributed by atoms with Crippen LogP contribution in [-0.2, 0) is 9.22 Å². The maximum Gasteiger partial charge on any atom is 0.261 e. The minimum Gasteiger partial charge on any atom is -0.405 e. The predicted octanol–water partition coefficient (Wildman–Crippen LogP) is 2.76. The van der Waals surface area contributed by atoms with Gasteiger partial charge in [-0.25, -0.2) is 0 Å². The van der Waals surface area contributed by atoms with Crippen LogP contribution < -0.4 is 10.4 Å². The molecule has 0 unspecified atom stereocenters. The van der Waals surface area contributed by atoms with Crippen LogP contribution in [0.15, 0.2) is 60.7 Å². The van der Waals surface area contributed by atoms with Crippen LogP contribution in [0.2, 0.25) is 5.04 Å². The third-order valence-corrected chi connectivity index (χ3v) is 9.71. The number of aliphatic hydroxyl groups is 1. The van der Waals surface area contributed by atoms with E-state index in [0.717, 1.165) is 6.29 Å². The van der Waals surface area contributed by atoms with Gasteiger partial charge >= 0.3 is 0 Å². The van der Waals surface area contributed by atoms with Crippen LogP contribution in [-0.4, -0.2) is 32.4 Å². The summed E-state index contributed by atoms with van der Waals surface area (Å²) in [6.07, 6.45) is -0.0292. The van der Waals surface area contributed by atoms with Crippen LogP contribution >= 0.6 is 0 Å². The summed E-state index contributed by atoms with van der Waals surface area (Å²) in [4.78, 5) is 11.0. The molecule has 0 saturated carbocycles. The maximum atomic E-state index is 11.0. The largest absolute Gasteiger partial charge is 0.405 e. The molecule has 0 aromatic heterocycles. The summed E-state index contributed by atoms with van der Waals surface area (Å²) >= 11 is 0. The lowest BCUT2D eigenvalue weighted by Crippen LogP contribution is -2.67. The van der Waals surface area contributed by atoms with Crippen LogP contribution in [0.4, 0.5) is 0 Å². The summed E-state index contributed by atoms with van der Waals surface area (Å²) < 4.78 is 6.58. The zero-order chi connectivity index (χ0) is 18.5. The van der Waals surface area contributed by atoms with Crippen LogP contribution in [0, 0.1) is 5.92 Å². The van der Waals surface area contributed by atoms with Gasteiger partial charge < -0.3 is 14.3 Å². The van der Waals surface area contributed by atoms with Crippen molar-refractivity contribution in [2.75, 3.05) is 6.61 Å². The third-order valence-electron chi connectivity index (χ3n) is 4.71. The lowest BCUT2D eigenvalue weighted by molar-refractivity contribution is -0.114. The number of carbonyl (C=O) groups excluding carboxylic acids is 1. The standard InChI is InChI=1S/C21H28O3Si/c1-17(15-22)20(23)16-24-25(21(2,3)4,18-11-7-5-8-12-18)19-13-9-6-10-14-19/h5-15,17,20,23H,16H2,1-4H3/t17-,20+/m1/s1. The molecule has 25 heavy (non-hydrogen) atoms. The molecule has 0 fully saturated rings. The topological polar surface area (TPSA) is 46.5 Å². The third kappa shape index (κ3) is 4.09. The lowest BCUT2D eigenvalue weighted by Gasteiger charge is -2.43. The summed E-state index contributed by atoms with van der Waals surface area (Å²) in [5.41, 5.74) is 0. The van der Waals surface area contributed by atoms with Crippen molar-refractivity contribution in [2.45, 2.75) is 38.8 Å². The van der Waals surface area contributed by atoms with Crippen LogP contribution in [0.3, 0.4) is 0 Å². The summed E-state index contributed by atoms with van der Waals surface area (Å²) in [6.45, 7) is 8.43. The highest BCUT2D eigenvalue weighted by Crippen LogP contribution is 2.36. The minimum absolute atomic E-state index is 0.139. The average molecular weight is 357 g/mol. The molecular weight excluding hydrogens is 328 g/mol. The molecular formula is C21H28O3Si. The number of aliphatic hydroxyl groups excluding tert-OH is 1. The van der Waals surface area contributed by atoms with Gasteiger partial charge in [-0.3, -0.25) is 0 Å². The Labute approximate surface area is 151 Å². The Morgan fingerprint density at radius 1 is 1.00 bits per heavy atom. The fourth-order valence-corrected chi connectivity index (χ4v) is 7.79. The van der Waals surface area contributed by atoms with Crippen molar-refractivity contribution in [3.8, 4) is 0 Å². The van der Waals surface area contributed by atoms with E-state index in [-0.39, 0.29) is 11.6 Å². The minimum atomic E-state index is -2.65. The van der Waals surface area contributed by atoms with Gasteiger partial charge in [0.1, 0.15) is 6.29 Å². The fourth-order valence-electron chi connectivity index (χ4n) is 3.21. The summed E-state index contributed by atoms with van der Waals surface area (Å²) in [5.74, 6) is -0.446. The molecule has 2 rings (SSSR count). The molecule has 0 saturated heterocycles. The molecule has 0 radical (unpaired) electrons. The Hall–Kier alpha value is -1.75. The van der Waals surface area contributed by atoms with Crippen LogP contribution in [0.5, 0.6) is 0 Å². The highest BCUT2D eigenvalue weighted by Gasteiger charge is 2.50. The van der Waals surface area contributed by atoms with Gasteiger partial charge in [-0.15, -0.1) is 0 Å². The molecule has 0 aliphatic carbocycles. The van der Waals surface area contributed by atoms with Gasteiger partial charge in [0.2, 0.25) is 0 Å². The van der Waals surface area contributed by atoms with E-state index in [2.05, 4.69) is 45.0 Å². The molecule has 1 N–H and O–H groups in total. The van der Waals surface area contributed by atoms with Crippen molar-refractivity contribution in [3.05, 3.63) is 60.7 Å². The Kier molecular flexibility index (Phi) is 6.33. The first kappa shape index (κ1) is 19.6. The number of rotatable bonds is 7.